The third-order valence-electron chi connectivity index (χ3n) is 4.46. The molecule has 0 spiro atoms. The molecule has 0 unspecified atom stereocenters. The Morgan fingerprint density at radius 2 is 1.81 bits per heavy atom. The van der Waals surface area contributed by atoms with Gasteiger partial charge >= 0.3 is 5.69 Å². The van der Waals surface area contributed by atoms with Crippen molar-refractivity contribution in [3.05, 3.63) is 62.6 Å². The fourth-order valence-corrected chi connectivity index (χ4v) is 3.41. The lowest BCUT2D eigenvalue weighted by Crippen LogP contribution is -2.49. The Hall–Kier alpha value is -2.61. The Kier molecular flexibility index (Phi) is 5.95. The van der Waals surface area contributed by atoms with Gasteiger partial charge in [0, 0.05) is 36.2 Å². The molecule has 27 heavy (non-hydrogen) atoms. The summed E-state index contributed by atoms with van der Waals surface area (Å²) >= 11 is 3.36. The first-order valence-electron chi connectivity index (χ1n) is 8.71. The van der Waals surface area contributed by atoms with Crippen molar-refractivity contribution in [3.63, 3.8) is 0 Å². The Balaban J connectivity index is 1.74. The van der Waals surface area contributed by atoms with Crippen LogP contribution >= 0.6 is 15.9 Å². The van der Waals surface area contributed by atoms with Crippen molar-refractivity contribution in [1.82, 2.24) is 4.90 Å². The number of hydrogen-bond donors (Lipinski definition) is 0. The lowest BCUT2D eigenvalue weighted by atomic mass is 10.1. The van der Waals surface area contributed by atoms with Gasteiger partial charge in [-0.3, -0.25) is 14.9 Å². The summed E-state index contributed by atoms with van der Waals surface area (Å²) in [4.78, 5) is 27.5. The van der Waals surface area contributed by atoms with E-state index in [1.165, 1.54) is 0 Å². The smallest absolute Gasteiger partial charge is 0.333 e. The van der Waals surface area contributed by atoms with E-state index in [0.717, 1.165) is 4.47 Å². The first-order chi connectivity index (χ1) is 13.0. The molecule has 1 fully saturated rings. The summed E-state index contributed by atoms with van der Waals surface area (Å²) in [5, 5.41) is 11.6. The molecule has 8 heteroatoms. The molecule has 1 aliphatic heterocycles. The van der Waals surface area contributed by atoms with Crippen molar-refractivity contribution in [2.24, 2.45) is 0 Å². The molecular formula is C19H20BrN3O4. The van der Waals surface area contributed by atoms with E-state index in [-0.39, 0.29) is 17.3 Å². The van der Waals surface area contributed by atoms with Crippen LogP contribution in [0.1, 0.15) is 17.3 Å². The van der Waals surface area contributed by atoms with E-state index in [0.29, 0.717) is 44.0 Å². The van der Waals surface area contributed by atoms with E-state index < -0.39 is 4.92 Å². The predicted octanol–water partition coefficient (Wildman–Crippen LogP) is 3.72. The van der Waals surface area contributed by atoms with Gasteiger partial charge in [-0.15, -0.1) is 0 Å². The number of hydrogen-bond acceptors (Lipinski definition) is 5. The van der Waals surface area contributed by atoms with Crippen molar-refractivity contribution >= 4 is 33.2 Å². The Labute approximate surface area is 165 Å². The van der Waals surface area contributed by atoms with E-state index >= 15 is 0 Å². The summed E-state index contributed by atoms with van der Waals surface area (Å²) in [5.74, 6) is 0.244. The van der Waals surface area contributed by atoms with Gasteiger partial charge in [0.25, 0.3) is 5.91 Å². The predicted molar refractivity (Wildman–Crippen MR) is 107 cm³/mol. The van der Waals surface area contributed by atoms with Gasteiger partial charge in [-0.1, -0.05) is 22.0 Å². The van der Waals surface area contributed by atoms with Crippen LogP contribution in [0.15, 0.2) is 46.9 Å². The molecule has 142 valence electrons. The summed E-state index contributed by atoms with van der Waals surface area (Å²) in [6.45, 7) is 4.22. The van der Waals surface area contributed by atoms with Crippen LogP contribution in [0.3, 0.4) is 0 Å². The first-order valence-corrected chi connectivity index (χ1v) is 9.50. The molecule has 2 aromatic rings. The van der Waals surface area contributed by atoms with Crippen molar-refractivity contribution < 1.29 is 14.5 Å². The molecule has 1 amide bonds. The number of halogens is 1. The quantitative estimate of drug-likeness (QED) is 0.530. The fraction of sp³-hybridized carbons (Fsp3) is 0.316. The molecule has 1 saturated heterocycles. The topological polar surface area (TPSA) is 75.9 Å². The summed E-state index contributed by atoms with van der Waals surface area (Å²) in [6, 6.07) is 12.3. The third kappa shape index (κ3) is 4.21. The maximum absolute atomic E-state index is 12.6. The maximum Gasteiger partial charge on any atom is 0.333 e. The van der Waals surface area contributed by atoms with Crippen LogP contribution in [0, 0.1) is 10.1 Å². The van der Waals surface area contributed by atoms with Gasteiger partial charge in [0.15, 0.2) is 5.75 Å². The molecule has 1 heterocycles. The van der Waals surface area contributed by atoms with Crippen molar-refractivity contribution in [2.45, 2.75) is 6.92 Å². The fourth-order valence-electron chi connectivity index (χ4n) is 3.15. The number of nitro groups is 1. The minimum atomic E-state index is -0.403. The number of nitro benzene ring substituents is 1. The normalized spacial score (nSPS) is 14.1. The number of nitrogens with zero attached hydrogens (tertiary/aromatic N) is 3. The second kappa shape index (κ2) is 8.39. The van der Waals surface area contributed by atoms with E-state index in [2.05, 4.69) is 15.9 Å². The van der Waals surface area contributed by atoms with Gasteiger partial charge in [0.05, 0.1) is 11.5 Å². The molecule has 0 radical (unpaired) electrons. The second-order valence-electron chi connectivity index (χ2n) is 6.10. The zero-order chi connectivity index (χ0) is 19.4. The minimum Gasteiger partial charge on any atom is -0.487 e. The van der Waals surface area contributed by atoms with E-state index in [1.807, 2.05) is 17.0 Å². The van der Waals surface area contributed by atoms with Crippen LogP contribution in [0.5, 0.6) is 5.75 Å². The van der Waals surface area contributed by atoms with E-state index in [1.54, 1.807) is 42.2 Å². The molecule has 0 bridgehead atoms. The van der Waals surface area contributed by atoms with Crippen molar-refractivity contribution in [3.8, 4) is 5.75 Å². The molecule has 2 aromatic carbocycles. The lowest BCUT2D eigenvalue weighted by molar-refractivity contribution is -0.385. The Morgan fingerprint density at radius 3 is 2.41 bits per heavy atom. The van der Waals surface area contributed by atoms with Crippen LogP contribution in [0.2, 0.25) is 0 Å². The largest absolute Gasteiger partial charge is 0.487 e. The summed E-state index contributed by atoms with van der Waals surface area (Å²) in [7, 11) is 0. The maximum atomic E-state index is 12.6. The number of piperazine rings is 1. The number of carbonyl (C=O) groups excluding carboxylic acids is 1. The molecule has 0 saturated carbocycles. The first kappa shape index (κ1) is 19.2. The van der Waals surface area contributed by atoms with Gasteiger partial charge in [-0.05, 0) is 43.3 Å². The van der Waals surface area contributed by atoms with E-state index in [4.69, 9.17) is 4.74 Å². The standard InChI is InChI=1S/C19H20BrN3O4/c1-2-27-17-5-3-4-16(18(17)23(25)26)21-10-12-22(13-11-21)19(24)14-6-8-15(20)9-7-14/h3-9H,2,10-13H2,1H3. The molecule has 7 nitrogen and oxygen atoms in total. The molecule has 0 aliphatic carbocycles. The second-order valence-corrected chi connectivity index (χ2v) is 7.02. The average molecular weight is 434 g/mol. The van der Waals surface area contributed by atoms with E-state index in [9.17, 15) is 14.9 Å². The lowest BCUT2D eigenvalue weighted by Gasteiger charge is -2.36. The average Bonchev–Trinajstić information content (AvgIpc) is 2.68. The van der Waals surface area contributed by atoms with Crippen LogP contribution in [-0.4, -0.2) is 48.5 Å². The zero-order valence-corrected chi connectivity index (χ0v) is 16.5. The van der Waals surface area contributed by atoms with Crippen LogP contribution < -0.4 is 9.64 Å². The van der Waals surface area contributed by atoms with Gasteiger partial charge in [-0.25, -0.2) is 0 Å². The molecule has 0 atom stereocenters. The number of benzene rings is 2. The summed E-state index contributed by atoms with van der Waals surface area (Å²) in [5.41, 5.74) is 1.14. The molecular weight excluding hydrogens is 414 g/mol. The number of ether oxygens (including phenoxy) is 1. The van der Waals surface area contributed by atoms with Crippen molar-refractivity contribution in [2.75, 3.05) is 37.7 Å². The number of anilines is 1. The van der Waals surface area contributed by atoms with Gasteiger partial charge < -0.3 is 14.5 Å². The number of carbonyl (C=O) groups is 1. The number of rotatable bonds is 5. The Morgan fingerprint density at radius 1 is 1.15 bits per heavy atom. The Bertz CT molecular complexity index is 833. The van der Waals surface area contributed by atoms with Crippen molar-refractivity contribution in [1.29, 1.82) is 0 Å². The summed E-state index contributed by atoms with van der Waals surface area (Å²) < 4.78 is 6.34. The summed E-state index contributed by atoms with van der Waals surface area (Å²) in [6.07, 6.45) is 0. The number of amides is 1. The van der Waals surface area contributed by atoms with Gasteiger partial charge in [-0.2, -0.15) is 0 Å². The molecule has 3 rings (SSSR count). The molecule has 0 N–H and O–H groups in total. The highest BCUT2D eigenvalue weighted by atomic mass is 79.9. The van der Waals surface area contributed by atoms with Crippen LogP contribution in [0.25, 0.3) is 0 Å². The minimum absolute atomic E-state index is 0.0213. The van der Waals surface area contributed by atoms with Gasteiger partial charge in [0.2, 0.25) is 0 Å². The monoisotopic (exact) mass is 433 g/mol. The molecule has 1 aliphatic rings. The van der Waals surface area contributed by atoms with Gasteiger partial charge in [0.1, 0.15) is 5.69 Å². The third-order valence-corrected chi connectivity index (χ3v) is 4.99. The van der Waals surface area contributed by atoms with Crippen LogP contribution in [0.4, 0.5) is 11.4 Å². The highest BCUT2D eigenvalue weighted by molar-refractivity contribution is 9.10. The highest BCUT2D eigenvalue weighted by Gasteiger charge is 2.28. The van der Waals surface area contributed by atoms with Crippen LogP contribution in [-0.2, 0) is 0 Å². The SMILES string of the molecule is CCOc1cccc(N2CCN(C(=O)c3ccc(Br)cc3)CC2)c1[N+](=O)[O-]. The highest BCUT2D eigenvalue weighted by Crippen LogP contribution is 2.37. The number of para-hydroxylation sites is 1. The zero-order valence-electron chi connectivity index (χ0n) is 14.9. The molecule has 0 aromatic heterocycles.